The summed E-state index contributed by atoms with van der Waals surface area (Å²) in [6.07, 6.45) is 3.09. The highest BCUT2D eigenvalue weighted by molar-refractivity contribution is 8.00. The molecule has 1 N–H and O–H groups in total. The minimum Gasteiger partial charge on any atom is -0.368 e. The molecule has 106 valence electrons. The molecule has 19 heavy (non-hydrogen) atoms. The Morgan fingerprint density at radius 1 is 1.47 bits per heavy atom. The molecule has 0 aromatic carbocycles. The number of pyridine rings is 1. The lowest BCUT2D eigenvalue weighted by Gasteiger charge is -2.38. The van der Waals surface area contributed by atoms with E-state index in [0.717, 1.165) is 25.2 Å². The Bertz CT molecular complexity index is 398. The molecular formula is C15H25N3S. The second kappa shape index (κ2) is 6.14. The van der Waals surface area contributed by atoms with Gasteiger partial charge < -0.3 is 10.2 Å². The zero-order chi connectivity index (χ0) is 13.9. The minimum absolute atomic E-state index is 0.341. The van der Waals surface area contributed by atoms with E-state index in [1.165, 1.54) is 11.4 Å². The van der Waals surface area contributed by atoms with Crippen molar-refractivity contribution in [2.45, 2.75) is 38.0 Å². The molecule has 0 aliphatic carbocycles. The predicted octanol–water partition coefficient (Wildman–Crippen LogP) is 3.08. The van der Waals surface area contributed by atoms with Crippen molar-refractivity contribution in [3.8, 4) is 0 Å². The van der Waals surface area contributed by atoms with Gasteiger partial charge in [-0.05, 0) is 39.4 Å². The van der Waals surface area contributed by atoms with Gasteiger partial charge in [0.1, 0.15) is 0 Å². The third kappa shape index (κ3) is 3.63. The number of anilines is 1. The Morgan fingerprint density at radius 2 is 2.26 bits per heavy atom. The van der Waals surface area contributed by atoms with Gasteiger partial charge >= 0.3 is 0 Å². The highest BCUT2D eigenvalue weighted by atomic mass is 32.2. The minimum atomic E-state index is 0.341. The van der Waals surface area contributed by atoms with Gasteiger partial charge in [-0.25, -0.2) is 0 Å². The molecule has 0 saturated carbocycles. The fourth-order valence-electron chi connectivity index (χ4n) is 2.59. The van der Waals surface area contributed by atoms with E-state index in [-0.39, 0.29) is 0 Å². The normalized spacial score (nSPS) is 20.3. The van der Waals surface area contributed by atoms with Crippen LogP contribution in [0.2, 0.25) is 0 Å². The maximum absolute atomic E-state index is 4.63. The first kappa shape index (κ1) is 14.7. The van der Waals surface area contributed by atoms with Crippen molar-refractivity contribution < 1.29 is 0 Å². The van der Waals surface area contributed by atoms with Crippen LogP contribution in [0, 0.1) is 0 Å². The molecule has 0 bridgehead atoms. The molecule has 1 aliphatic rings. The zero-order valence-corrected chi connectivity index (χ0v) is 13.3. The number of hydrogen-bond donors (Lipinski definition) is 1. The smallest absolute Gasteiger partial charge is 0.0574 e. The van der Waals surface area contributed by atoms with Crippen molar-refractivity contribution in [2.24, 2.45) is 0 Å². The van der Waals surface area contributed by atoms with Crippen LogP contribution in [0.3, 0.4) is 0 Å². The van der Waals surface area contributed by atoms with E-state index in [1.807, 2.05) is 13.2 Å². The molecule has 1 atom stereocenters. The molecule has 4 heteroatoms. The topological polar surface area (TPSA) is 28.2 Å². The van der Waals surface area contributed by atoms with E-state index in [0.29, 0.717) is 10.8 Å². The second-order valence-electron chi connectivity index (χ2n) is 5.72. The van der Waals surface area contributed by atoms with Crippen molar-refractivity contribution in [1.29, 1.82) is 0 Å². The maximum Gasteiger partial charge on any atom is 0.0574 e. The van der Waals surface area contributed by atoms with Gasteiger partial charge in [0.05, 0.1) is 17.6 Å². The van der Waals surface area contributed by atoms with Crippen LogP contribution in [-0.2, 0) is 0 Å². The van der Waals surface area contributed by atoms with Gasteiger partial charge in [-0.3, -0.25) is 4.98 Å². The van der Waals surface area contributed by atoms with Crippen LogP contribution >= 0.6 is 11.8 Å². The zero-order valence-electron chi connectivity index (χ0n) is 12.4. The summed E-state index contributed by atoms with van der Waals surface area (Å²) in [5, 5.41) is 3.30. The van der Waals surface area contributed by atoms with Gasteiger partial charge in [0, 0.05) is 29.6 Å². The van der Waals surface area contributed by atoms with E-state index in [2.05, 4.69) is 59.9 Å². The van der Waals surface area contributed by atoms with E-state index < -0.39 is 0 Å². The Morgan fingerprint density at radius 3 is 2.79 bits per heavy atom. The fraction of sp³-hybridized carbons (Fsp3) is 0.667. The Hall–Kier alpha value is -0.740. The Labute approximate surface area is 121 Å². The monoisotopic (exact) mass is 279 g/mol. The fourth-order valence-corrected chi connectivity index (χ4v) is 3.70. The largest absolute Gasteiger partial charge is 0.368 e. The lowest BCUT2D eigenvalue weighted by atomic mass is 10.1. The van der Waals surface area contributed by atoms with Crippen LogP contribution in [0.4, 0.5) is 5.69 Å². The van der Waals surface area contributed by atoms with Gasteiger partial charge in [-0.2, -0.15) is 11.8 Å². The molecule has 2 rings (SSSR count). The van der Waals surface area contributed by atoms with Gasteiger partial charge in [-0.1, -0.05) is 6.92 Å². The van der Waals surface area contributed by atoms with Gasteiger partial charge in [0.2, 0.25) is 0 Å². The predicted molar refractivity (Wildman–Crippen MR) is 85.1 cm³/mol. The number of rotatable bonds is 4. The summed E-state index contributed by atoms with van der Waals surface area (Å²) < 4.78 is 0.341. The number of aromatic nitrogens is 1. The standard InChI is InChI=1S/C15H25N3S/c1-5-13(16-4)14-7-6-12(10-17-14)18-8-9-19-15(2,3)11-18/h6-7,10,13,16H,5,8-9,11H2,1-4H3. The Kier molecular flexibility index (Phi) is 4.74. The molecule has 1 aromatic heterocycles. The first-order valence-electron chi connectivity index (χ1n) is 7.08. The van der Waals surface area contributed by atoms with Crippen LogP contribution in [-0.4, -0.2) is 35.6 Å². The molecular weight excluding hydrogens is 254 g/mol. The van der Waals surface area contributed by atoms with Crippen molar-refractivity contribution in [2.75, 3.05) is 30.8 Å². The lowest BCUT2D eigenvalue weighted by molar-refractivity contribution is 0.561. The Balaban J connectivity index is 2.10. The lowest BCUT2D eigenvalue weighted by Crippen LogP contribution is -2.43. The molecule has 0 spiro atoms. The van der Waals surface area contributed by atoms with E-state index >= 15 is 0 Å². The summed E-state index contributed by atoms with van der Waals surface area (Å²) >= 11 is 2.06. The highest BCUT2D eigenvalue weighted by Gasteiger charge is 2.27. The van der Waals surface area contributed by atoms with E-state index in [9.17, 15) is 0 Å². The van der Waals surface area contributed by atoms with Crippen LogP contribution in [0.5, 0.6) is 0 Å². The molecule has 1 unspecified atom stereocenters. The van der Waals surface area contributed by atoms with Gasteiger partial charge in [-0.15, -0.1) is 0 Å². The van der Waals surface area contributed by atoms with Crippen LogP contribution in [0.1, 0.15) is 38.9 Å². The maximum atomic E-state index is 4.63. The molecule has 1 aliphatic heterocycles. The summed E-state index contributed by atoms with van der Waals surface area (Å²) in [5.41, 5.74) is 2.39. The quantitative estimate of drug-likeness (QED) is 0.917. The third-order valence-electron chi connectivity index (χ3n) is 3.68. The summed E-state index contributed by atoms with van der Waals surface area (Å²) in [7, 11) is 1.99. The molecule has 2 heterocycles. The van der Waals surface area contributed by atoms with Crippen LogP contribution in [0.25, 0.3) is 0 Å². The first-order chi connectivity index (χ1) is 9.05. The molecule has 1 aromatic rings. The second-order valence-corrected chi connectivity index (χ2v) is 7.52. The van der Waals surface area contributed by atoms with Crippen molar-refractivity contribution in [1.82, 2.24) is 10.3 Å². The molecule has 1 fully saturated rings. The molecule has 0 amide bonds. The highest BCUT2D eigenvalue weighted by Crippen LogP contribution is 2.32. The summed E-state index contributed by atoms with van der Waals surface area (Å²) in [6, 6.07) is 4.74. The molecule has 1 saturated heterocycles. The average Bonchev–Trinajstić information content (AvgIpc) is 2.40. The number of hydrogen-bond acceptors (Lipinski definition) is 4. The summed E-state index contributed by atoms with van der Waals surface area (Å²) in [5.74, 6) is 1.20. The van der Waals surface area contributed by atoms with Crippen LogP contribution < -0.4 is 10.2 Å². The number of nitrogens with one attached hydrogen (secondary N) is 1. The third-order valence-corrected chi connectivity index (χ3v) is 4.97. The van der Waals surface area contributed by atoms with E-state index in [1.54, 1.807) is 0 Å². The van der Waals surface area contributed by atoms with Gasteiger partial charge in [0.15, 0.2) is 0 Å². The summed E-state index contributed by atoms with van der Waals surface area (Å²) in [6.45, 7) is 9.04. The molecule has 0 radical (unpaired) electrons. The average molecular weight is 279 g/mol. The van der Waals surface area contributed by atoms with Crippen molar-refractivity contribution in [3.63, 3.8) is 0 Å². The SMILES string of the molecule is CCC(NC)c1ccc(N2CCSC(C)(C)C2)cn1. The first-order valence-corrected chi connectivity index (χ1v) is 8.06. The van der Waals surface area contributed by atoms with Crippen LogP contribution in [0.15, 0.2) is 18.3 Å². The van der Waals surface area contributed by atoms with Crippen molar-refractivity contribution in [3.05, 3.63) is 24.0 Å². The molecule has 3 nitrogen and oxygen atoms in total. The summed E-state index contributed by atoms with van der Waals surface area (Å²) in [4.78, 5) is 7.08. The van der Waals surface area contributed by atoms with E-state index in [4.69, 9.17) is 0 Å². The number of thioether (sulfide) groups is 1. The number of nitrogens with zero attached hydrogens (tertiary/aromatic N) is 2. The van der Waals surface area contributed by atoms with Gasteiger partial charge in [0.25, 0.3) is 0 Å². The van der Waals surface area contributed by atoms with Crippen molar-refractivity contribution >= 4 is 17.4 Å².